The summed E-state index contributed by atoms with van der Waals surface area (Å²) in [5.74, 6) is -1.08. The summed E-state index contributed by atoms with van der Waals surface area (Å²) in [7, 11) is 0. The molecule has 2 fully saturated rings. The number of nitrogens with zero attached hydrogens (tertiary/aromatic N) is 1. The molecular weight excluding hydrogens is 389 g/mol. The molecule has 0 spiro atoms. The van der Waals surface area contributed by atoms with Gasteiger partial charge in [0, 0.05) is 38.0 Å². The van der Waals surface area contributed by atoms with Crippen LogP contribution in [0.3, 0.4) is 0 Å². The normalized spacial score (nSPS) is 23.4. The van der Waals surface area contributed by atoms with E-state index in [1.165, 1.54) is 24.3 Å². The van der Waals surface area contributed by atoms with Crippen molar-refractivity contribution >= 4 is 18.3 Å². The fraction of sp³-hybridized carbons (Fsp3) is 0.381. The number of rotatable bonds is 4. The highest BCUT2D eigenvalue weighted by Crippen LogP contribution is 2.43. The van der Waals surface area contributed by atoms with Gasteiger partial charge in [-0.25, -0.2) is 13.2 Å². The maximum atomic E-state index is 13.8. The molecule has 28 heavy (non-hydrogen) atoms. The third-order valence-corrected chi connectivity index (χ3v) is 5.70. The molecule has 2 heterocycles. The molecule has 2 saturated heterocycles. The Balaban J connectivity index is 0.00000225. The van der Waals surface area contributed by atoms with E-state index < -0.39 is 11.6 Å². The van der Waals surface area contributed by atoms with E-state index in [0.717, 1.165) is 24.7 Å². The Morgan fingerprint density at radius 3 is 2.61 bits per heavy atom. The van der Waals surface area contributed by atoms with Crippen LogP contribution in [0.5, 0.6) is 0 Å². The van der Waals surface area contributed by atoms with E-state index in [-0.39, 0.29) is 48.9 Å². The SMILES string of the molecule is Cl.O=C(CCc1ccc(F)cc1F)N1C[C@@H]2CNC[C@@H]2[C@H]1c1cccc(F)c1. The average Bonchev–Trinajstić information content (AvgIpc) is 3.21. The fourth-order valence-electron chi connectivity index (χ4n) is 4.40. The van der Waals surface area contributed by atoms with E-state index in [1.54, 1.807) is 6.07 Å². The summed E-state index contributed by atoms with van der Waals surface area (Å²) in [5, 5.41) is 3.35. The molecule has 150 valence electrons. The first-order chi connectivity index (χ1) is 13.0. The number of hydrogen-bond donors (Lipinski definition) is 1. The largest absolute Gasteiger partial charge is 0.335 e. The molecule has 0 radical (unpaired) electrons. The number of nitrogens with one attached hydrogen (secondary N) is 1. The summed E-state index contributed by atoms with van der Waals surface area (Å²) < 4.78 is 40.6. The minimum Gasteiger partial charge on any atom is -0.335 e. The van der Waals surface area contributed by atoms with E-state index >= 15 is 0 Å². The Morgan fingerprint density at radius 1 is 1.07 bits per heavy atom. The van der Waals surface area contributed by atoms with Gasteiger partial charge in [-0.05, 0) is 41.7 Å². The summed E-state index contributed by atoms with van der Waals surface area (Å²) >= 11 is 0. The number of aryl methyl sites for hydroxylation is 1. The van der Waals surface area contributed by atoms with Gasteiger partial charge in [-0.3, -0.25) is 4.79 Å². The van der Waals surface area contributed by atoms with Crippen LogP contribution in [0, 0.1) is 29.3 Å². The predicted molar refractivity (Wildman–Crippen MR) is 103 cm³/mol. The molecule has 7 heteroatoms. The quantitative estimate of drug-likeness (QED) is 0.829. The molecule has 4 rings (SSSR count). The van der Waals surface area contributed by atoms with Crippen molar-refractivity contribution in [3.63, 3.8) is 0 Å². The molecule has 1 N–H and O–H groups in total. The number of halogens is 4. The predicted octanol–water partition coefficient (Wildman–Crippen LogP) is 3.88. The molecule has 1 amide bonds. The van der Waals surface area contributed by atoms with Crippen molar-refractivity contribution in [1.29, 1.82) is 0 Å². The van der Waals surface area contributed by atoms with Gasteiger partial charge in [0.15, 0.2) is 0 Å². The van der Waals surface area contributed by atoms with Crippen molar-refractivity contribution in [2.24, 2.45) is 11.8 Å². The van der Waals surface area contributed by atoms with Crippen LogP contribution >= 0.6 is 12.4 Å². The second-order valence-electron chi connectivity index (χ2n) is 7.36. The first-order valence-corrected chi connectivity index (χ1v) is 9.22. The van der Waals surface area contributed by atoms with Crippen LogP contribution in [0.2, 0.25) is 0 Å². The van der Waals surface area contributed by atoms with Crippen LogP contribution in [-0.4, -0.2) is 30.4 Å². The summed E-state index contributed by atoms with van der Waals surface area (Å²) in [6.07, 6.45) is 0.353. The van der Waals surface area contributed by atoms with Crippen molar-refractivity contribution in [3.8, 4) is 0 Å². The molecule has 3 atom stereocenters. The number of benzene rings is 2. The summed E-state index contributed by atoms with van der Waals surface area (Å²) in [5.41, 5.74) is 1.13. The first kappa shape index (κ1) is 20.7. The second-order valence-corrected chi connectivity index (χ2v) is 7.36. The molecule has 0 unspecified atom stereocenters. The third-order valence-electron chi connectivity index (χ3n) is 5.70. The maximum absolute atomic E-state index is 13.8. The Kier molecular flexibility index (Phi) is 6.30. The van der Waals surface area contributed by atoms with Gasteiger partial charge < -0.3 is 10.2 Å². The van der Waals surface area contributed by atoms with Crippen molar-refractivity contribution in [1.82, 2.24) is 10.2 Å². The molecule has 2 aromatic rings. The van der Waals surface area contributed by atoms with E-state index in [9.17, 15) is 18.0 Å². The summed E-state index contributed by atoms with van der Waals surface area (Å²) in [4.78, 5) is 14.7. The van der Waals surface area contributed by atoms with Crippen LogP contribution in [0.4, 0.5) is 13.2 Å². The Bertz CT molecular complexity index is 863. The van der Waals surface area contributed by atoms with E-state index in [4.69, 9.17) is 0 Å². The third kappa shape index (κ3) is 4.03. The van der Waals surface area contributed by atoms with Crippen LogP contribution in [0.1, 0.15) is 23.6 Å². The highest BCUT2D eigenvalue weighted by Gasteiger charge is 2.46. The minimum atomic E-state index is -0.632. The molecule has 2 aromatic carbocycles. The zero-order valence-electron chi connectivity index (χ0n) is 15.2. The lowest BCUT2D eigenvalue weighted by Gasteiger charge is -2.28. The van der Waals surface area contributed by atoms with Gasteiger partial charge in [-0.15, -0.1) is 12.4 Å². The number of hydrogen-bond acceptors (Lipinski definition) is 2. The van der Waals surface area contributed by atoms with Gasteiger partial charge >= 0.3 is 0 Å². The molecule has 0 saturated carbocycles. The molecular formula is C21H22ClF3N2O. The fourth-order valence-corrected chi connectivity index (χ4v) is 4.40. The molecule has 2 aliphatic rings. The average molecular weight is 411 g/mol. The zero-order valence-corrected chi connectivity index (χ0v) is 16.0. The number of carbonyl (C=O) groups excluding carboxylic acids is 1. The molecule has 2 aliphatic heterocycles. The van der Waals surface area contributed by atoms with E-state index in [1.807, 2.05) is 11.0 Å². The van der Waals surface area contributed by atoms with Gasteiger partial charge in [0.25, 0.3) is 0 Å². The minimum absolute atomic E-state index is 0. The van der Waals surface area contributed by atoms with Crippen molar-refractivity contribution in [2.45, 2.75) is 18.9 Å². The highest BCUT2D eigenvalue weighted by atomic mass is 35.5. The Labute approximate surface area is 168 Å². The lowest BCUT2D eigenvalue weighted by atomic mass is 9.89. The monoisotopic (exact) mass is 410 g/mol. The number of fused-ring (bicyclic) bond motifs is 1. The van der Waals surface area contributed by atoms with Crippen LogP contribution in [0.15, 0.2) is 42.5 Å². The van der Waals surface area contributed by atoms with Crippen molar-refractivity contribution in [3.05, 3.63) is 71.0 Å². The number of carbonyl (C=O) groups is 1. The van der Waals surface area contributed by atoms with Gasteiger partial charge in [0.1, 0.15) is 17.5 Å². The topological polar surface area (TPSA) is 32.3 Å². The Hall–Kier alpha value is -2.05. The van der Waals surface area contributed by atoms with Gasteiger partial charge in [-0.1, -0.05) is 18.2 Å². The van der Waals surface area contributed by atoms with E-state index in [2.05, 4.69) is 5.32 Å². The highest BCUT2D eigenvalue weighted by molar-refractivity contribution is 5.85. The second kappa shape index (κ2) is 8.53. The number of amides is 1. The van der Waals surface area contributed by atoms with Crippen LogP contribution in [0.25, 0.3) is 0 Å². The smallest absolute Gasteiger partial charge is 0.223 e. The molecule has 3 nitrogen and oxygen atoms in total. The van der Waals surface area contributed by atoms with Crippen molar-refractivity contribution < 1.29 is 18.0 Å². The number of likely N-dealkylation sites (tertiary alicyclic amines) is 1. The van der Waals surface area contributed by atoms with Crippen LogP contribution in [-0.2, 0) is 11.2 Å². The summed E-state index contributed by atoms with van der Waals surface area (Å²) in [6, 6.07) is 9.64. The van der Waals surface area contributed by atoms with Crippen molar-refractivity contribution in [2.75, 3.05) is 19.6 Å². The van der Waals surface area contributed by atoms with Gasteiger partial charge in [0.2, 0.25) is 5.91 Å². The molecule has 0 aliphatic carbocycles. The maximum Gasteiger partial charge on any atom is 0.223 e. The van der Waals surface area contributed by atoms with Gasteiger partial charge in [-0.2, -0.15) is 0 Å². The standard InChI is InChI=1S/C21H21F3N2O.ClH/c22-16-3-1-2-14(8-16)21-18-11-25-10-15(18)12-26(21)20(27)7-5-13-4-6-17(23)9-19(13)24;/h1-4,6,8-9,15,18,21,25H,5,7,10-12H2;1H/t15-,18-,21+;/m0./s1. The van der Waals surface area contributed by atoms with Gasteiger partial charge in [0.05, 0.1) is 6.04 Å². The zero-order chi connectivity index (χ0) is 19.0. The molecule has 0 bridgehead atoms. The van der Waals surface area contributed by atoms with Crippen LogP contribution < -0.4 is 5.32 Å². The first-order valence-electron chi connectivity index (χ1n) is 9.22. The lowest BCUT2D eigenvalue weighted by molar-refractivity contribution is -0.132. The lowest BCUT2D eigenvalue weighted by Crippen LogP contribution is -2.34. The molecule has 0 aromatic heterocycles. The Morgan fingerprint density at radius 2 is 1.86 bits per heavy atom. The summed E-state index contributed by atoms with van der Waals surface area (Å²) in [6.45, 7) is 2.25. The van der Waals surface area contributed by atoms with E-state index in [0.29, 0.717) is 18.0 Å².